The fourth-order valence-corrected chi connectivity index (χ4v) is 4.11. The molecule has 0 fully saturated rings. The number of nitrogens with zero attached hydrogens (tertiary/aromatic N) is 3. The highest BCUT2D eigenvalue weighted by molar-refractivity contribution is 5.55. The van der Waals surface area contributed by atoms with Gasteiger partial charge in [-0.05, 0) is 54.7 Å². The van der Waals surface area contributed by atoms with Crippen molar-refractivity contribution < 1.29 is 9.15 Å². The molecule has 0 amide bonds. The molecule has 0 aliphatic carbocycles. The molecule has 28 heavy (non-hydrogen) atoms. The first-order valence-electron chi connectivity index (χ1n) is 9.71. The number of ether oxygens (including phenoxy) is 1. The molecule has 144 valence electrons. The monoisotopic (exact) mass is 378 g/mol. The van der Waals surface area contributed by atoms with Crippen LogP contribution in [0.4, 0.5) is 0 Å². The van der Waals surface area contributed by atoms with E-state index in [1.165, 1.54) is 16.7 Å². The van der Waals surface area contributed by atoms with Crippen molar-refractivity contribution in [2.24, 2.45) is 0 Å². The average molecular weight is 378 g/mol. The van der Waals surface area contributed by atoms with Crippen LogP contribution in [-0.2, 0) is 19.3 Å². The molecule has 2 aliphatic rings. The molecule has 1 aromatic carbocycles. The first kappa shape index (κ1) is 17.2. The Balaban J connectivity index is 1.35. The van der Waals surface area contributed by atoms with Crippen LogP contribution in [0.2, 0.25) is 0 Å². The number of fused-ring (bicyclic) bond motifs is 2. The summed E-state index contributed by atoms with van der Waals surface area (Å²) in [6.45, 7) is 4.92. The molecule has 0 saturated heterocycles. The third-order valence-electron chi connectivity index (χ3n) is 5.81. The standard InChI is InChI=1S/C21H22N4O3/c1-13(17-11-19-18(22-12-17)6-9-27-19)25-7-4-14-2-3-16(10-15(14)5-8-25)20-23-24-21(26)28-20/h2-3,10-13H,4-9H2,1H3,(H,24,26). The molecule has 7 nitrogen and oxygen atoms in total. The Kier molecular flexibility index (Phi) is 4.24. The quantitative estimate of drug-likeness (QED) is 0.754. The van der Waals surface area contributed by atoms with E-state index in [-0.39, 0.29) is 6.04 Å². The van der Waals surface area contributed by atoms with Gasteiger partial charge in [0.15, 0.2) is 0 Å². The zero-order chi connectivity index (χ0) is 19.1. The molecule has 2 aliphatic heterocycles. The number of aromatic amines is 1. The highest BCUT2D eigenvalue weighted by atomic mass is 16.5. The van der Waals surface area contributed by atoms with Gasteiger partial charge in [0.1, 0.15) is 5.75 Å². The molecule has 0 radical (unpaired) electrons. The fourth-order valence-electron chi connectivity index (χ4n) is 4.11. The Morgan fingerprint density at radius 2 is 2.00 bits per heavy atom. The smallest absolute Gasteiger partial charge is 0.434 e. The van der Waals surface area contributed by atoms with Gasteiger partial charge >= 0.3 is 5.76 Å². The normalized spacial score (nSPS) is 17.5. The van der Waals surface area contributed by atoms with Crippen LogP contribution in [0.15, 0.2) is 39.7 Å². The van der Waals surface area contributed by atoms with E-state index in [1.807, 2.05) is 12.3 Å². The van der Waals surface area contributed by atoms with Crippen LogP contribution in [0.1, 0.15) is 35.3 Å². The predicted molar refractivity (Wildman–Crippen MR) is 103 cm³/mol. The van der Waals surface area contributed by atoms with Crippen LogP contribution >= 0.6 is 0 Å². The van der Waals surface area contributed by atoms with Gasteiger partial charge in [-0.2, -0.15) is 0 Å². The van der Waals surface area contributed by atoms with E-state index in [2.05, 4.69) is 45.2 Å². The Morgan fingerprint density at radius 1 is 1.14 bits per heavy atom. The molecule has 2 aromatic heterocycles. The summed E-state index contributed by atoms with van der Waals surface area (Å²) in [4.78, 5) is 18.3. The molecular formula is C21H22N4O3. The van der Waals surface area contributed by atoms with Gasteiger partial charge in [-0.3, -0.25) is 9.88 Å². The van der Waals surface area contributed by atoms with E-state index >= 15 is 0 Å². The first-order valence-corrected chi connectivity index (χ1v) is 9.71. The van der Waals surface area contributed by atoms with Crippen molar-refractivity contribution in [3.8, 4) is 17.2 Å². The summed E-state index contributed by atoms with van der Waals surface area (Å²) in [6, 6.07) is 8.61. The van der Waals surface area contributed by atoms with Crippen molar-refractivity contribution in [1.29, 1.82) is 0 Å². The van der Waals surface area contributed by atoms with Crippen molar-refractivity contribution in [1.82, 2.24) is 20.1 Å². The Labute approximate surface area is 162 Å². The van der Waals surface area contributed by atoms with Crippen molar-refractivity contribution >= 4 is 0 Å². The van der Waals surface area contributed by atoms with E-state index in [0.717, 1.165) is 56.0 Å². The third kappa shape index (κ3) is 3.11. The van der Waals surface area contributed by atoms with Gasteiger partial charge in [-0.1, -0.05) is 6.07 Å². The number of H-pyrrole nitrogens is 1. The summed E-state index contributed by atoms with van der Waals surface area (Å²) in [5, 5.41) is 6.26. The highest BCUT2D eigenvalue weighted by Gasteiger charge is 2.23. The Bertz CT molecular complexity index is 1070. The topological polar surface area (TPSA) is 84.2 Å². The van der Waals surface area contributed by atoms with Gasteiger partial charge in [0.25, 0.3) is 0 Å². The second-order valence-electron chi connectivity index (χ2n) is 7.43. The average Bonchev–Trinajstić information content (AvgIpc) is 3.30. The number of hydrogen-bond donors (Lipinski definition) is 1. The van der Waals surface area contributed by atoms with Crippen molar-refractivity contribution in [3.63, 3.8) is 0 Å². The lowest BCUT2D eigenvalue weighted by Gasteiger charge is -2.27. The van der Waals surface area contributed by atoms with Crippen LogP contribution in [0.25, 0.3) is 11.5 Å². The van der Waals surface area contributed by atoms with Crippen LogP contribution in [0, 0.1) is 0 Å². The molecule has 1 N–H and O–H groups in total. The Morgan fingerprint density at radius 3 is 2.82 bits per heavy atom. The minimum atomic E-state index is -0.531. The lowest BCUT2D eigenvalue weighted by Crippen LogP contribution is -2.29. The number of nitrogens with one attached hydrogen (secondary N) is 1. The summed E-state index contributed by atoms with van der Waals surface area (Å²) >= 11 is 0. The van der Waals surface area contributed by atoms with Crippen LogP contribution in [-0.4, -0.2) is 39.8 Å². The van der Waals surface area contributed by atoms with E-state index in [4.69, 9.17) is 9.15 Å². The van der Waals surface area contributed by atoms with Gasteiger partial charge in [0.05, 0.1) is 12.3 Å². The number of pyridine rings is 1. The molecule has 0 spiro atoms. The van der Waals surface area contributed by atoms with Crippen LogP contribution in [0.3, 0.4) is 0 Å². The van der Waals surface area contributed by atoms with Crippen molar-refractivity contribution in [2.45, 2.75) is 32.2 Å². The second-order valence-corrected chi connectivity index (χ2v) is 7.43. The number of rotatable bonds is 3. The minimum absolute atomic E-state index is 0.278. The molecular weight excluding hydrogens is 356 g/mol. The number of aromatic nitrogens is 3. The maximum absolute atomic E-state index is 11.2. The summed E-state index contributed by atoms with van der Waals surface area (Å²) in [5.74, 6) is 0.746. The largest absolute Gasteiger partial charge is 0.491 e. The molecule has 5 rings (SSSR count). The van der Waals surface area contributed by atoms with Gasteiger partial charge in [0.2, 0.25) is 5.89 Å². The SMILES string of the molecule is CC(c1cnc2c(c1)OCC2)N1CCc2ccc(-c3n[nH]c(=O)o3)cc2CC1. The maximum Gasteiger partial charge on any atom is 0.434 e. The summed E-state index contributed by atoms with van der Waals surface area (Å²) in [5.41, 5.74) is 5.72. The first-order chi connectivity index (χ1) is 13.7. The maximum atomic E-state index is 11.2. The van der Waals surface area contributed by atoms with Crippen LogP contribution < -0.4 is 10.5 Å². The summed E-state index contributed by atoms with van der Waals surface area (Å²) < 4.78 is 10.8. The molecule has 1 unspecified atom stereocenters. The molecule has 4 heterocycles. The van der Waals surface area contributed by atoms with Crippen molar-refractivity contribution in [2.75, 3.05) is 19.7 Å². The van der Waals surface area contributed by atoms with Crippen LogP contribution in [0.5, 0.6) is 5.75 Å². The van der Waals surface area contributed by atoms with Gasteiger partial charge in [-0.25, -0.2) is 9.89 Å². The van der Waals surface area contributed by atoms with E-state index in [0.29, 0.717) is 5.89 Å². The van der Waals surface area contributed by atoms with Gasteiger partial charge in [-0.15, -0.1) is 5.10 Å². The fraction of sp³-hybridized carbons (Fsp3) is 0.381. The van der Waals surface area contributed by atoms with Crippen molar-refractivity contribution in [3.05, 3.63) is 63.4 Å². The van der Waals surface area contributed by atoms with Gasteiger partial charge in [0, 0.05) is 37.3 Å². The van der Waals surface area contributed by atoms with E-state index < -0.39 is 5.76 Å². The second kappa shape index (κ2) is 6.91. The molecule has 1 atom stereocenters. The molecule has 0 saturated carbocycles. The predicted octanol–water partition coefficient (Wildman–Crippen LogP) is 2.52. The number of benzene rings is 1. The van der Waals surface area contributed by atoms with E-state index in [1.54, 1.807) is 0 Å². The zero-order valence-electron chi connectivity index (χ0n) is 15.8. The lowest BCUT2D eigenvalue weighted by molar-refractivity contribution is 0.220. The highest BCUT2D eigenvalue weighted by Crippen LogP contribution is 2.30. The number of hydrogen-bond acceptors (Lipinski definition) is 6. The minimum Gasteiger partial charge on any atom is -0.491 e. The zero-order valence-corrected chi connectivity index (χ0v) is 15.8. The molecule has 3 aromatic rings. The summed E-state index contributed by atoms with van der Waals surface area (Å²) in [6.07, 6.45) is 4.83. The van der Waals surface area contributed by atoms with E-state index in [9.17, 15) is 4.79 Å². The summed E-state index contributed by atoms with van der Waals surface area (Å²) in [7, 11) is 0. The third-order valence-corrected chi connectivity index (χ3v) is 5.81. The molecule has 7 heteroatoms. The lowest BCUT2D eigenvalue weighted by atomic mass is 10.00. The molecule has 0 bridgehead atoms. The Hall–Kier alpha value is -2.93. The van der Waals surface area contributed by atoms with Gasteiger partial charge < -0.3 is 9.15 Å².